The third-order valence-corrected chi connectivity index (χ3v) is 2.56. The average molecular weight is 208 g/mol. The van der Waals surface area contributed by atoms with Gasteiger partial charge in [0, 0.05) is 31.2 Å². The van der Waals surface area contributed by atoms with E-state index in [1.54, 1.807) is 12.4 Å². The second kappa shape index (κ2) is 4.59. The van der Waals surface area contributed by atoms with E-state index in [1.165, 1.54) is 0 Å². The molecule has 1 aromatic heterocycles. The fourth-order valence-corrected chi connectivity index (χ4v) is 1.91. The second-order valence-corrected chi connectivity index (χ2v) is 3.86. The molecule has 4 nitrogen and oxygen atoms in total. The normalized spacial score (nSPS) is 26.7. The van der Waals surface area contributed by atoms with Crippen LogP contribution >= 0.6 is 0 Å². The Balaban J connectivity index is 2.09. The summed E-state index contributed by atoms with van der Waals surface area (Å²) in [6.07, 6.45) is 3.64. The molecule has 1 aliphatic rings. The number of pyridine rings is 1. The van der Waals surface area contributed by atoms with Gasteiger partial charge in [-0.1, -0.05) is 0 Å². The number of aromatic nitrogens is 1. The highest BCUT2D eigenvalue weighted by Crippen LogP contribution is 2.18. The van der Waals surface area contributed by atoms with Crippen molar-refractivity contribution >= 4 is 5.69 Å². The highest BCUT2D eigenvalue weighted by atomic mass is 16.5. The van der Waals surface area contributed by atoms with Gasteiger partial charge in [-0.05, 0) is 19.1 Å². The van der Waals surface area contributed by atoms with Crippen molar-refractivity contribution < 1.29 is 9.84 Å². The van der Waals surface area contributed by atoms with Crippen LogP contribution in [0.4, 0.5) is 5.69 Å². The molecule has 0 aliphatic carbocycles. The summed E-state index contributed by atoms with van der Waals surface area (Å²) in [5.74, 6) is 0. The summed E-state index contributed by atoms with van der Waals surface area (Å²) in [5, 5.41) is 9.11. The van der Waals surface area contributed by atoms with Gasteiger partial charge in [-0.3, -0.25) is 4.98 Å². The standard InChI is InChI=1S/C11H16N2O2/c1-9-6-13(7-11(8-14)15-9)10-2-4-12-5-3-10/h2-5,9,11,14H,6-8H2,1H3. The maximum Gasteiger partial charge on any atom is 0.0984 e. The van der Waals surface area contributed by atoms with Crippen LogP contribution in [0.15, 0.2) is 24.5 Å². The molecule has 0 radical (unpaired) electrons. The lowest BCUT2D eigenvalue weighted by Gasteiger charge is -2.37. The molecule has 1 aliphatic heterocycles. The molecule has 82 valence electrons. The minimum Gasteiger partial charge on any atom is -0.394 e. The van der Waals surface area contributed by atoms with Crippen LogP contribution < -0.4 is 4.90 Å². The van der Waals surface area contributed by atoms with Gasteiger partial charge in [0.1, 0.15) is 0 Å². The molecule has 0 bridgehead atoms. The first-order valence-electron chi connectivity index (χ1n) is 5.21. The third kappa shape index (κ3) is 2.46. The Bertz CT molecular complexity index is 305. The van der Waals surface area contributed by atoms with Crippen molar-refractivity contribution in [3.05, 3.63) is 24.5 Å². The van der Waals surface area contributed by atoms with E-state index in [2.05, 4.69) is 9.88 Å². The molecule has 0 spiro atoms. The van der Waals surface area contributed by atoms with Crippen molar-refractivity contribution in [1.29, 1.82) is 0 Å². The van der Waals surface area contributed by atoms with E-state index in [1.807, 2.05) is 19.1 Å². The number of aliphatic hydroxyl groups is 1. The molecule has 4 heteroatoms. The summed E-state index contributed by atoms with van der Waals surface area (Å²) >= 11 is 0. The largest absolute Gasteiger partial charge is 0.394 e. The number of aliphatic hydroxyl groups excluding tert-OH is 1. The van der Waals surface area contributed by atoms with Crippen molar-refractivity contribution in [2.24, 2.45) is 0 Å². The number of nitrogens with zero attached hydrogens (tertiary/aromatic N) is 2. The first-order chi connectivity index (χ1) is 7.29. The Kier molecular flexibility index (Phi) is 3.18. The number of ether oxygens (including phenoxy) is 1. The highest BCUT2D eigenvalue weighted by molar-refractivity contribution is 5.45. The zero-order valence-corrected chi connectivity index (χ0v) is 8.84. The lowest BCUT2D eigenvalue weighted by molar-refractivity contribution is -0.0421. The van der Waals surface area contributed by atoms with Crippen LogP contribution in [0.1, 0.15) is 6.92 Å². The number of hydrogen-bond donors (Lipinski definition) is 1. The maximum absolute atomic E-state index is 9.11. The van der Waals surface area contributed by atoms with Gasteiger partial charge in [0.2, 0.25) is 0 Å². The van der Waals surface area contributed by atoms with Crippen molar-refractivity contribution in [2.45, 2.75) is 19.1 Å². The molecule has 0 aromatic carbocycles. The van der Waals surface area contributed by atoms with Crippen LogP contribution in [-0.4, -0.2) is 42.0 Å². The smallest absolute Gasteiger partial charge is 0.0984 e. The van der Waals surface area contributed by atoms with Crippen LogP contribution in [0.5, 0.6) is 0 Å². The molecule has 1 saturated heterocycles. The summed E-state index contributed by atoms with van der Waals surface area (Å²) in [4.78, 5) is 6.21. The summed E-state index contributed by atoms with van der Waals surface area (Å²) in [5.41, 5.74) is 1.14. The first kappa shape index (κ1) is 10.4. The highest BCUT2D eigenvalue weighted by Gasteiger charge is 2.24. The second-order valence-electron chi connectivity index (χ2n) is 3.86. The van der Waals surface area contributed by atoms with Crippen molar-refractivity contribution in [3.8, 4) is 0 Å². The molecule has 2 atom stereocenters. The first-order valence-corrected chi connectivity index (χ1v) is 5.21. The Morgan fingerprint density at radius 2 is 2.20 bits per heavy atom. The van der Waals surface area contributed by atoms with Gasteiger partial charge in [0.15, 0.2) is 0 Å². The van der Waals surface area contributed by atoms with Crippen molar-refractivity contribution in [2.75, 3.05) is 24.6 Å². The molecule has 2 rings (SSSR count). The van der Waals surface area contributed by atoms with E-state index in [9.17, 15) is 0 Å². The summed E-state index contributed by atoms with van der Waals surface area (Å²) in [6.45, 7) is 3.70. The van der Waals surface area contributed by atoms with Gasteiger partial charge in [0.05, 0.1) is 18.8 Å². The minimum absolute atomic E-state index is 0.0753. The van der Waals surface area contributed by atoms with Gasteiger partial charge in [-0.25, -0.2) is 0 Å². The predicted octanol–water partition coefficient (Wildman–Crippen LogP) is 0.668. The summed E-state index contributed by atoms with van der Waals surface area (Å²) in [7, 11) is 0. The third-order valence-electron chi connectivity index (χ3n) is 2.56. The topological polar surface area (TPSA) is 45.6 Å². The molecule has 1 aromatic rings. The molecule has 2 heterocycles. The number of anilines is 1. The lowest BCUT2D eigenvalue weighted by atomic mass is 10.2. The summed E-state index contributed by atoms with van der Waals surface area (Å²) in [6, 6.07) is 3.96. The van der Waals surface area contributed by atoms with E-state index in [-0.39, 0.29) is 18.8 Å². The van der Waals surface area contributed by atoms with Crippen molar-refractivity contribution in [1.82, 2.24) is 4.98 Å². The van der Waals surface area contributed by atoms with Crippen LogP contribution in [0, 0.1) is 0 Å². The zero-order valence-electron chi connectivity index (χ0n) is 8.84. The quantitative estimate of drug-likeness (QED) is 0.776. The molecule has 1 fully saturated rings. The minimum atomic E-state index is -0.0816. The van der Waals surface area contributed by atoms with Gasteiger partial charge in [-0.15, -0.1) is 0 Å². The van der Waals surface area contributed by atoms with E-state index >= 15 is 0 Å². The Hall–Kier alpha value is -1.13. The number of morpholine rings is 1. The summed E-state index contributed by atoms with van der Waals surface area (Å²) < 4.78 is 5.58. The fraction of sp³-hybridized carbons (Fsp3) is 0.545. The van der Waals surface area contributed by atoms with Crippen LogP contribution in [0.2, 0.25) is 0 Å². The van der Waals surface area contributed by atoms with Gasteiger partial charge in [-0.2, -0.15) is 0 Å². The average Bonchev–Trinajstić information content (AvgIpc) is 2.29. The van der Waals surface area contributed by atoms with Crippen LogP contribution in [0.25, 0.3) is 0 Å². The van der Waals surface area contributed by atoms with E-state index in [4.69, 9.17) is 9.84 Å². The Morgan fingerprint density at radius 3 is 2.87 bits per heavy atom. The zero-order chi connectivity index (χ0) is 10.7. The Morgan fingerprint density at radius 1 is 1.47 bits per heavy atom. The van der Waals surface area contributed by atoms with Gasteiger partial charge >= 0.3 is 0 Å². The molecule has 0 amide bonds. The maximum atomic E-state index is 9.11. The molecule has 15 heavy (non-hydrogen) atoms. The molecular formula is C11H16N2O2. The Labute approximate surface area is 89.5 Å². The van der Waals surface area contributed by atoms with Crippen LogP contribution in [-0.2, 0) is 4.74 Å². The monoisotopic (exact) mass is 208 g/mol. The molecular weight excluding hydrogens is 192 g/mol. The molecule has 1 N–H and O–H groups in total. The number of hydrogen-bond acceptors (Lipinski definition) is 4. The van der Waals surface area contributed by atoms with Crippen molar-refractivity contribution in [3.63, 3.8) is 0 Å². The van der Waals surface area contributed by atoms with Gasteiger partial charge < -0.3 is 14.7 Å². The fourth-order valence-electron chi connectivity index (χ4n) is 1.91. The van der Waals surface area contributed by atoms with E-state index in [0.717, 1.165) is 18.8 Å². The number of rotatable bonds is 2. The van der Waals surface area contributed by atoms with E-state index in [0.29, 0.717) is 0 Å². The van der Waals surface area contributed by atoms with Gasteiger partial charge in [0.25, 0.3) is 0 Å². The molecule has 2 unspecified atom stereocenters. The predicted molar refractivity (Wildman–Crippen MR) is 57.9 cm³/mol. The SMILES string of the molecule is CC1CN(c2ccncc2)CC(CO)O1. The van der Waals surface area contributed by atoms with E-state index < -0.39 is 0 Å². The lowest BCUT2D eigenvalue weighted by Crippen LogP contribution is -2.48. The van der Waals surface area contributed by atoms with Crippen LogP contribution in [0.3, 0.4) is 0 Å². The molecule has 0 saturated carbocycles.